The molecule has 0 spiro atoms. The van der Waals surface area contributed by atoms with Gasteiger partial charge in [-0.3, -0.25) is 0 Å². The van der Waals surface area contributed by atoms with Crippen molar-refractivity contribution < 1.29 is 19.4 Å². The summed E-state index contributed by atoms with van der Waals surface area (Å²) >= 11 is 4.83. The van der Waals surface area contributed by atoms with Crippen LogP contribution in [0.25, 0.3) is 0 Å². The summed E-state index contributed by atoms with van der Waals surface area (Å²) in [5.74, 6) is 0.190. The van der Waals surface area contributed by atoms with Crippen LogP contribution in [0.4, 0.5) is 10.5 Å². The van der Waals surface area contributed by atoms with Gasteiger partial charge in [-0.25, -0.2) is 9.59 Å². The minimum Gasteiger partial charge on any atom is -0.497 e. The third-order valence-corrected chi connectivity index (χ3v) is 3.97. The molecule has 6 nitrogen and oxygen atoms in total. The Balaban J connectivity index is 2.69. The highest BCUT2D eigenvalue weighted by Crippen LogP contribution is 2.26. The lowest BCUT2D eigenvalue weighted by Crippen LogP contribution is -2.43. The van der Waals surface area contributed by atoms with Crippen molar-refractivity contribution in [2.24, 2.45) is 0 Å². The molecular formula is C13H17BrN2O4S. The average molecular weight is 377 g/mol. The van der Waals surface area contributed by atoms with Gasteiger partial charge in [0.2, 0.25) is 0 Å². The second-order valence-corrected chi connectivity index (χ2v) is 5.96. The Bertz CT molecular complexity index is 513. The molecule has 116 valence electrons. The van der Waals surface area contributed by atoms with Gasteiger partial charge in [0, 0.05) is 10.5 Å². The fraction of sp³-hybridized carbons (Fsp3) is 0.385. The van der Waals surface area contributed by atoms with Crippen molar-refractivity contribution in [1.29, 1.82) is 0 Å². The maximum atomic E-state index is 11.9. The van der Waals surface area contributed by atoms with Crippen LogP contribution in [-0.2, 0) is 4.79 Å². The molecule has 1 aromatic rings. The van der Waals surface area contributed by atoms with Gasteiger partial charge in [-0.1, -0.05) is 0 Å². The quantitative estimate of drug-likeness (QED) is 0.680. The number of carbonyl (C=O) groups is 2. The van der Waals surface area contributed by atoms with Crippen molar-refractivity contribution in [1.82, 2.24) is 5.32 Å². The fourth-order valence-corrected chi connectivity index (χ4v) is 2.35. The van der Waals surface area contributed by atoms with Crippen LogP contribution in [0.5, 0.6) is 5.75 Å². The zero-order valence-electron chi connectivity index (χ0n) is 11.7. The van der Waals surface area contributed by atoms with Crippen molar-refractivity contribution in [3.8, 4) is 5.75 Å². The highest BCUT2D eigenvalue weighted by molar-refractivity contribution is 9.10. The number of thioether (sulfide) groups is 1. The molecule has 1 rings (SSSR count). The Kier molecular flexibility index (Phi) is 7.38. The molecule has 0 aliphatic rings. The molecule has 0 saturated carbocycles. The molecule has 0 aromatic heterocycles. The number of carboxylic acids is 1. The summed E-state index contributed by atoms with van der Waals surface area (Å²) in [6.07, 6.45) is 2.25. The van der Waals surface area contributed by atoms with Crippen molar-refractivity contribution >= 4 is 45.4 Å². The standard InChI is InChI=1S/C13H17BrN2O4S/c1-20-8-3-4-9(14)11(7-8)16-13(19)15-10(12(17)18)5-6-21-2/h3-4,7,10H,5-6H2,1-2H3,(H,17,18)(H2,15,16,19)/t10-/m0/s1. The minimum atomic E-state index is -1.05. The SMILES string of the molecule is COc1ccc(Br)c(NC(=O)N[C@@H](CCSC)C(=O)O)c1. The van der Waals surface area contributed by atoms with E-state index in [1.54, 1.807) is 18.2 Å². The first-order chi connectivity index (χ1) is 9.97. The summed E-state index contributed by atoms with van der Waals surface area (Å²) in [6.45, 7) is 0. The number of nitrogens with one attached hydrogen (secondary N) is 2. The average Bonchev–Trinajstić information content (AvgIpc) is 2.45. The van der Waals surface area contributed by atoms with Gasteiger partial charge >= 0.3 is 12.0 Å². The minimum absolute atomic E-state index is 0.364. The van der Waals surface area contributed by atoms with Crippen LogP contribution in [0.15, 0.2) is 22.7 Å². The van der Waals surface area contributed by atoms with Gasteiger partial charge in [0.25, 0.3) is 0 Å². The van der Waals surface area contributed by atoms with Crippen LogP contribution in [0.3, 0.4) is 0 Å². The largest absolute Gasteiger partial charge is 0.497 e. The molecule has 8 heteroatoms. The van der Waals surface area contributed by atoms with E-state index in [0.717, 1.165) is 0 Å². The van der Waals surface area contributed by atoms with Crippen LogP contribution >= 0.6 is 27.7 Å². The Morgan fingerprint density at radius 2 is 2.19 bits per heavy atom. The van der Waals surface area contributed by atoms with Crippen LogP contribution in [0.2, 0.25) is 0 Å². The van der Waals surface area contributed by atoms with Gasteiger partial charge in [0.05, 0.1) is 12.8 Å². The van der Waals surface area contributed by atoms with Crippen LogP contribution in [0.1, 0.15) is 6.42 Å². The molecule has 1 atom stereocenters. The van der Waals surface area contributed by atoms with Crippen LogP contribution < -0.4 is 15.4 Å². The third kappa shape index (κ3) is 5.84. The first kappa shape index (κ1) is 17.6. The predicted octanol–water partition coefficient (Wildman–Crippen LogP) is 2.79. The van der Waals surface area contributed by atoms with E-state index in [0.29, 0.717) is 28.1 Å². The summed E-state index contributed by atoms with van der Waals surface area (Å²) in [5, 5.41) is 14.1. The van der Waals surface area contributed by atoms with Crippen LogP contribution in [0, 0.1) is 0 Å². The van der Waals surface area contributed by atoms with Crippen molar-refractivity contribution in [3.05, 3.63) is 22.7 Å². The van der Waals surface area contributed by atoms with E-state index in [-0.39, 0.29) is 0 Å². The number of carboxylic acid groups (broad SMARTS) is 1. The summed E-state index contributed by atoms with van der Waals surface area (Å²) in [5.41, 5.74) is 0.501. The zero-order chi connectivity index (χ0) is 15.8. The molecule has 1 aromatic carbocycles. The number of anilines is 1. The van der Waals surface area contributed by atoms with E-state index in [4.69, 9.17) is 9.84 Å². The maximum Gasteiger partial charge on any atom is 0.326 e. The van der Waals surface area contributed by atoms with E-state index in [2.05, 4.69) is 26.6 Å². The molecule has 0 fully saturated rings. The Morgan fingerprint density at radius 3 is 2.76 bits per heavy atom. The van der Waals surface area contributed by atoms with Crippen LogP contribution in [-0.4, -0.2) is 42.3 Å². The van der Waals surface area contributed by atoms with Gasteiger partial charge in [0.1, 0.15) is 11.8 Å². The topological polar surface area (TPSA) is 87.7 Å². The number of hydrogen-bond donors (Lipinski definition) is 3. The molecule has 0 unspecified atom stereocenters. The molecule has 3 N–H and O–H groups in total. The Morgan fingerprint density at radius 1 is 1.48 bits per heavy atom. The molecule has 0 aliphatic heterocycles. The molecule has 0 saturated heterocycles. The van der Waals surface area contributed by atoms with Crippen molar-refractivity contribution in [2.75, 3.05) is 24.4 Å². The second-order valence-electron chi connectivity index (χ2n) is 4.12. The number of aliphatic carboxylic acids is 1. The number of amides is 2. The lowest BCUT2D eigenvalue weighted by Gasteiger charge is -2.15. The van der Waals surface area contributed by atoms with Gasteiger partial charge in [-0.2, -0.15) is 11.8 Å². The summed E-state index contributed by atoms with van der Waals surface area (Å²) < 4.78 is 5.75. The zero-order valence-corrected chi connectivity index (χ0v) is 14.1. The Hall–Kier alpha value is -1.41. The highest BCUT2D eigenvalue weighted by atomic mass is 79.9. The summed E-state index contributed by atoms with van der Waals surface area (Å²) in [4.78, 5) is 23.0. The van der Waals surface area contributed by atoms with Gasteiger partial charge in [-0.05, 0) is 46.5 Å². The normalized spacial score (nSPS) is 11.6. The second kappa shape index (κ2) is 8.78. The first-order valence-corrected chi connectivity index (χ1v) is 8.29. The first-order valence-electron chi connectivity index (χ1n) is 6.10. The molecular weight excluding hydrogens is 360 g/mol. The maximum absolute atomic E-state index is 11.9. The van der Waals surface area contributed by atoms with E-state index >= 15 is 0 Å². The smallest absolute Gasteiger partial charge is 0.326 e. The third-order valence-electron chi connectivity index (χ3n) is 2.64. The number of carbonyl (C=O) groups excluding carboxylic acids is 1. The highest BCUT2D eigenvalue weighted by Gasteiger charge is 2.19. The summed E-state index contributed by atoms with van der Waals surface area (Å²) in [7, 11) is 1.52. The summed E-state index contributed by atoms with van der Waals surface area (Å²) in [6, 6.07) is 3.63. The Labute approximate surface area is 135 Å². The molecule has 2 amide bonds. The molecule has 0 radical (unpaired) electrons. The van der Waals surface area contributed by atoms with E-state index in [1.165, 1.54) is 18.9 Å². The van der Waals surface area contributed by atoms with E-state index in [9.17, 15) is 9.59 Å². The number of rotatable bonds is 7. The van der Waals surface area contributed by atoms with Gasteiger partial charge in [0.15, 0.2) is 0 Å². The fourth-order valence-electron chi connectivity index (χ4n) is 1.54. The van der Waals surface area contributed by atoms with Crippen molar-refractivity contribution in [3.63, 3.8) is 0 Å². The predicted molar refractivity (Wildman–Crippen MR) is 87.3 cm³/mol. The number of halogens is 1. The van der Waals surface area contributed by atoms with E-state index in [1.807, 2.05) is 6.26 Å². The molecule has 0 aliphatic carbocycles. The van der Waals surface area contributed by atoms with E-state index < -0.39 is 18.0 Å². The number of hydrogen-bond acceptors (Lipinski definition) is 4. The number of urea groups is 1. The lowest BCUT2D eigenvalue weighted by molar-refractivity contribution is -0.139. The molecule has 21 heavy (non-hydrogen) atoms. The molecule has 0 heterocycles. The number of benzene rings is 1. The van der Waals surface area contributed by atoms with Gasteiger partial charge < -0.3 is 20.5 Å². The molecule has 0 bridgehead atoms. The lowest BCUT2D eigenvalue weighted by atomic mass is 10.2. The number of methoxy groups -OCH3 is 1. The monoisotopic (exact) mass is 376 g/mol. The number of ether oxygens (including phenoxy) is 1. The van der Waals surface area contributed by atoms with Crippen molar-refractivity contribution in [2.45, 2.75) is 12.5 Å². The van der Waals surface area contributed by atoms with Gasteiger partial charge in [-0.15, -0.1) is 0 Å².